The minimum atomic E-state index is -2.89. The molecule has 0 saturated carbocycles. The number of nitriles is 1. The zero-order valence-corrected chi connectivity index (χ0v) is 21.3. The Hall–Kier alpha value is -4.92. The quantitative estimate of drug-likeness (QED) is 0.348. The van der Waals surface area contributed by atoms with Crippen molar-refractivity contribution in [3.05, 3.63) is 70.4 Å². The molecule has 5 aromatic rings. The van der Waals surface area contributed by atoms with Crippen molar-refractivity contribution < 1.29 is 13.6 Å². The predicted molar refractivity (Wildman–Crippen MR) is 143 cm³/mol. The molecule has 0 unspecified atom stereocenters. The van der Waals surface area contributed by atoms with Gasteiger partial charge in [0.1, 0.15) is 5.65 Å². The van der Waals surface area contributed by atoms with Crippen LogP contribution in [-0.2, 0) is 13.1 Å². The van der Waals surface area contributed by atoms with Crippen molar-refractivity contribution in [2.75, 3.05) is 19.6 Å². The van der Waals surface area contributed by atoms with Gasteiger partial charge in [-0.1, -0.05) is 6.07 Å². The van der Waals surface area contributed by atoms with Gasteiger partial charge in [-0.05, 0) is 36.2 Å². The van der Waals surface area contributed by atoms with Gasteiger partial charge in [0, 0.05) is 55.9 Å². The number of imidazole rings is 1. The second kappa shape index (κ2) is 8.81. The predicted octanol–water partition coefficient (Wildman–Crippen LogP) is 4.18. The molecule has 0 aliphatic carbocycles. The molecule has 40 heavy (non-hydrogen) atoms. The first-order valence-corrected chi connectivity index (χ1v) is 13.0. The molecule has 0 bridgehead atoms. The van der Waals surface area contributed by atoms with Crippen molar-refractivity contribution >= 4 is 22.6 Å². The molecular formula is C28H24F2N8O2. The largest absolute Gasteiger partial charge is 0.345 e. The van der Waals surface area contributed by atoms with Gasteiger partial charge < -0.3 is 14.4 Å². The van der Waals surface area contributed by atoms with Gasteiger partial charge in [0.15, 0.2) is 0 Å². The van der Waals surface area contributed by atoms with E-state index in [4.69, 9.17) is 0 Å². The number of aromatic amines is 2. The van der Waals surface area contributed by atoms with Crippen LogP contribution in [0, 0.1) is 11.3 Å². The first-order valence-electron chi connectivity index (χ1n) is 13.0. The van der Waals surface area contributed by atoms with E-state index in [1.165, 1.54) is 4.90 Å². The number of alkyl halides is 2. The second-order valence-corrected chi connectivity index (χ2v) is 10.4. The van der Waals surface area contributed by atoms with Crippen molar-refractivity contribution in [2.24, 2.45) is 0 Å². The van der Waals surface area contributed by atoms with E-state index in [0.29, 0.717) is 46.6 Å². The summed E-state index contributed by atoms with van der Waals surface area (Å²) in [5.41, 5.74) is 4.64. The summed E-state index contributed by atoms with van der Waals surface area (Å²) in [7, 11) is 0. The Kier molecular flexibility index (Phi) is 5.31. The first kappa shape index (κ1) is 24.1. The fraction of sp³-hybridized carbons (Fsp3) is 0.286. The molecular weight excluding hydrogens is 518 g/mol. The number of fused-ring (bicyclic) bond motifs is 1. The zero-order valence-electron chi connectivity index (χ0n) is 21.3. The van der Waals surface area contributed by atoms with Crippen molar-refractivity contribution in [1.29, 1.82) is 5.26 Å². The Balaban J connectivity index is 1.34. The van der Waals surface area contributed by atoms with Gasteiger partial charge in [0.05, 0.1) is 46.8 Å². The molecule has 6 heterocycles. The average molecular weight is 543 g/mol. The first-order chi connectivity index (χ1) is 19.3. The lowest BCUT2D eigenvalue weighted by molar-refractivity contribution is -0.0557. The summed E-state index contributed by atoms with van der Waals surface area (Å²) in [4.78, 5) is 33.7. The fourth-order valence-electron chi connectivity index (χ4n) is 6.02. The number of halogens is 2. The van der Waals surface area contributed by atoms with Gasteiger partial charge in [0.25, 0.3) is 11.5 Å². The van der Waals surface area contributed by atoms with Gasteiger partial charge in [-0.2, -0.15) is 5.26 Å². The number of H-pyrrole nitrogens is 2. The molecule has 2 amide bonds. The van der Waals surface area contributed by atoms with Gasteiger partial charge in [-0.25, -0.2) is 18.6 Å². The van der Waals surface area contributed by atoms with Gasteiger partial charge in [-0.3, -0.25) is 19.4 Å². The minimum absolute atomic E-state index is 0.167. The van der Waals surface area contributed by atoms with Crippen molar-refractivity contribution in [3.8, 4) is 28.6 Å². The number of rotatable bonds is 2. The molecule has 202 valence electrons. The molecule has 0 radical (unpaired) electrons. The summed E-state index contributed by atoms with van der Waals surface area (Å²) in [5.74, 6) is -2.89. The van der Waals surface area contributed by atoms with E-state index < -0.39 is 18.5 Å². The number of benzene rings is 1. The lowest BCUT2D eigenvalue weighted by Crippen LogP contribution is -2.51. The monoisotopic (exact) mass is 542 g/mol. The minimum Gasteiger partial charge on any atom is -0.345 e. The summed E-state index contributed by atoms with van der Waals surface area (Å²) in [6.45, 7) is 0.565. The van der Waals surface area contributed by atoms with Crippen molar-refractivity contribution in [1.82, 2.24) is 33.9 Å². The summed E-state index contributed by atoms with van der Waals surface area (Å²) in [6, 6.07) is 10.9. The number of carbonyl (C=O) groups excluding carboxylic acids is 1. The third-order valence-electron chi connectivity index (χ3n) is 7.81. The highest BCUT2D eigenvalue weighted by Gasteiger charge is 2.39. The molecule has 4 aromatic heterocycles. The number of urea groups is 1. The molecule has 1 fully saturated rings. The van der Waals surface area contributed by atoms with Crippen LogP contribution in [0.2, 0.25) is 0 Å². The number of likely N-dealkylation sites (tertiary alicyclic amines) is 1. The Morgan fingerprint density at radius 3 is 2.83 bits per heavy atom. The molecule has 0 spiro atoms. The molecule has 0 atom stereocenters. The fourth-order valence-corrected chi connectivity index (χ4v) is 6.02. The van der Waals surface area contributed by atoms with E-state index in [1.54, 1.807) is 23.2 Å². The maximum absolute atomic E-state index is 14.1. The smallest absolute Gasteiger partial charge is 0.320 e. The third-order valence-corrected chi connectivity index (χ3v) is 7.81. The van der Waals surface area contributed by atoms with E-state index in [2.05, 4.69) is 21.3 Å². The standard InChI is InChI=1S/C28H24F2N8O2/c29-28(30)5-3-6-37(16-28)27(40)36-9-8-35-15-20(19-11-17(12-31)10-18(14-36)25(19)35)23-24(33-34-26(23)39)21-13-32-22-4-1-2-7-38(21)22/h1-2,4,7,10-11,13,15H,3,5-6,8-9,14,16H2,(H2,33,34,39). The number of nitrogens with zero attached hydrogens (tertiary/aromatic N) is 6. The summed E-state index contributed by atoms with van der Waals surface area (Å²) in [5, 5.41) is 16.2. The van der Waals surface area contributed by atoms with Crippen molar-refractivity contribution in [3.63, 3.8) is 0 Å². The molecule has 2 N–H and O–H groups in total. The number of carbonyl (C=O) groups is 1. The Morgan fingerprint density at radius 2 is 2.00 bits per heavy atom. The molecule has 1 aromatic carbocycles. The van der Waals surface area contributed by atoms with E-state index in [-0.39, 0.29) is 31.5 Å². The van der Waals surface area contributed by atoms with E-state index in [1.807, 2.05) is 39.6 Å². The van der Waals surface area contributed by atoms with E-state index >= 15 is 0 Å². The number of hydrogen-bond acceptors (Lipinski definition) is 4. The molecule has 12 heteroatoms. The molecule has 2 aliphatic heterocycles. The lowest BCUT2D eigenvalue weighted by Gasteiger charge is -2.36. The number of nitrogens with one attached hydrogen (secondary N) is 2. The van der Waals surface area contributed by atoms with Gasteiger partial charge >= 0.3 is 6.03 Å². The summed E-state index contributed by atoms with van der Waals surface area (Å²) >= 11 is 0. The van der Waals surface area contributed by atoms with Crippen LogP contribution < -0.4 is 5.56 Å². The van der Waals surface area contributed by atoms with Crippen LogP contribution in [-0.4, -0.2) is 65.5 Å². The second-order valence-electron chi connectivity index (χ2n) is 10.4. The van der Waals surface area contributed by atoms with Crippen LogP contribution >= 0.6 is 0 Å². The zero-order chi connectivity index (χ0) is 27.6. The van der Waals surface area contributed by atoms with Crippen LogP contribution in [0.1, 0.15) is 24.0 Å². The van der Waals surface area contributed by atoms with Gasteiger partial charge in [0.2, 0.25) is 0 Å². The van der Waals surface area contributed by atoms with Crippen LogP contribution in [0.15, 0.2) is 53.7 Å². The van der Waals surface area contributed by atoms with Crippen LogP contribution in [0.5, 0.6) is 0 Å². The van der Waals surface area contributed by atoms with Gasteiger partial charge in [-0.15, -0.1) is 0 Å². The highest BCUT2D eigenvalue weighted by atomic mass is 19.3. The molecule has 1 saturated heterocycles. The number of piperidine rings is 1. The van der Waals surface area contributed by atoms with E-state index in [9.17, 15) is 23.6 Å². The Labute approximate surface area is 226 Å². The molecule has 7 rings (SSSR count). The highest BCUT2D eigenvalue weighted by Crippen LogP contribution is 2.38. The number of aromatic nitrogens is 5. The number of amides is 2. The van der Waals surface area contributed by atoms with Crippen LogP contribution in [0.3, 0.4) is 0 Å². The topological polar surface area (TPSA) is 118 Å². The highest BCUT2D eigenvalue weighted by molar-refractivity contribution is 6.01. The molecule has 2 aliphatic rings. The maximum atomic E-state index is 14.1. The Bertz CT molecular complexity index is 1910. The SMILES string of the molecule is N#Cc1cc2c3c(c1)c(-c1c(-c4cnc5ccccn45)[nH][nH]c1=O)cn3CCN(C(=O)N1CCCC(F)(F)C1)C2. The number of hydrogen-bond donors (Lipinski definition) is 2. The maximum Gasteiger partial charge on any atom is 0.320 e. The van der Waals surface area contributed by atoms with Crippen LogP contribution in [0.4, 0.5) is 13.6 Å². The normalized spacial score (nSPS) is 16.8. The summed E-state index contributed by atoms with van der Waals surface area (Å²) in [6.07, 6.45) is 5.46. The van der Waals surface area contributed by atoms with Crippen LogP contribution in [0.25, 0.3) is 39.1 Å². The summed E-state index contributed by atoms with van der Waals surface area (Å²) < 4.78 is 32.0. The van der Waals surface area contributed by atoms with E-state index in [0.717, 1.165) is 16.7 Å². The molecule has 10 nitrogen and oxygen atoms in total. The Morgan fingerprint density at radius 1 is 1.12 bits per heavy atom. The van der Waals surface area contributed by atoms with Crippen molar-refractivity contribution in [2.45, 2.75) is 31.9 Å². The lowest BCUT2D eigenvalue weighted by atomic mass is 10.00. The third kappa shape index (κ3) is 3.77. The number of pyridine rings is 1. The average Bonchev–Trinajstić information content (AvgIpc) is 3.60.